The van der Waals surface area contributed by atoms with Crippen molar-refractivity contribution in [3.63, 3.8) is 0 Å². The van der Waals surface area contributed by atoms with Crippen molar-refractivity contribution in [2.75, 3.05) is 19.7 Å². The van der Waals surface area contributed by atoms with E-state index in [0.717, 1.165) is 0 Å². The topological polar surface area (TPSA) is 96.5 Å². The molecule has 0 saturated carbocycles. The number of carbonyl (C=O) groups is 1. The lowest BCUT2D eigenvalue weighted by Gasteiger charge is -2.29. The molecule has 1 aromatic carbocycles. The van der Waals surface area contributed by atoms with Crippen LogP contribution < -0.4 is 0 Å². The summed E-state index contributed by atoms with van der Waals surface area (Å²) in [5.74, 6) is -0.323. The number of nitrogens with zero attached hydrogens (tertiary/aromatic N) is 3. The largest absolute Gasteiger partial charge is 0.360 e. The van der Waals surface area contributed by atoms with Gasteiger partial charge in [0, 0.05) is 23.7 Å². The minimum atomic E-state index is -0.645. The van der Waals surface area contributed by atoms with E-state index >= 15 is 0 Å². The maximum Gasteiger partial charge on any atom is 0.273 e. The zero-order valence-electron chi connectivity index (χ0n) is 10.9. The van der Waals surface area contributed by atoms with Crippen molar-refractivity contribution < 1.29 is 14.5 Å². The first-order valence-electron chi connectivity index (χ1n) is 6.08. The zero-order chi connectivity index (χ0) is 14.7. The molecule has 20 heavy (non-hydrogen) atoms. The van der Waals surface area contributed by atoms with Crippen LogP contribution in [0.2, 0.25) is 0 Å². The highest BCUT2D eigenvalue weighted by atomic mass is 16.6. The third-order valence-electron chi connectivity index (χ3n) is 3.15. The molecule has 0 N–H and O–H groups in total. The van der Waals surface area contributed by atoms with Crippen LogP contribution in [0.15, 0.2) is 18.2 Å². The highest BCUT2D eigenvalue weighted by Gasteiger charge is 2.26. The molecule has 1 aliphatic heterocycles. The van der Waals surface area contributed by atoms with E-state index in [1.807, 2.05) is 6.07 Å². The van der Waals surface area contributed by atoms with E-state index in [9.17, 15) is 14.9 Å². The Morgan fingerprint density at radius 2 is 2.35 bits per heavy atom. The standard InChI is InChI=1S/C13H13N3O4/c1-9-2-3-10(6-12(9)16(18)19)13(17)15-4-5-20-11(7-14)8-15/h2-3,6,11H,4-5,8H2,1H3. The first-order chi connectivity index (χ1) is 9.52. The normalized spacial score (nSPS) is 18.4. The van der Waals surface area contributed by atoms with Crippen molar-refractivity contribution >= 4 is 11.6 Å². The van der Waals surface area contributed by atoms with Crippen molar-refractivity contribution in [2.24, 2.45) is 0 Å². The highest BCUT2D eigenvalue weighted by molar-refractivity contribution is 5.95. The van der Waals surface area contributed by atoms with E-state index in [1.54, 1.807) is 19.1 Å². The van der Waals surface area contributed by atoms with Crippen molar-refractivity contribution in [1.82, 2.24) is 4.90 Å². The number of ether oxygens (including phenoxy) is 1. The summed E-state index contributed by atoms with van der Waals surface area (Å²) in [5.41, 5.74) is 0.672. The SMILES string of the molecule is Cc1ccc(C(=O)N2CCOC(C#N)C2)cc1[N+](=O)[O-]. The van der Waals surface area contributed by atoms with E-state index in [2.05, 4.69) is 0 Å². The van der Waals surface area contributed by atoms with Crippen LogP contribution in [0.1, 0.15) is 15.9 Å². The fraction of sp³-hybridized carbons (Fsp3) is 0.385. The molecular formula is C13H13N3O4. The van der Waals surface area contributed by atoms with Gasteiger partial charge in [-0.2, -0.15) is 5.26 Å². The molecule has 1 atom stereocenters. The van der Waals surface area contributed by atoms with Gasteiger partial charge in [0.2, 0.25) is 0 Å². The Morgan fingerprint density at radius 1 is 1.60 bits per heavy atom. The van der Waals surface area contributed by atoms with E-state index < -0.39 is 11.0 Å². The van der Waals surface area contributed by atoms with Gasteiger partial charge in [0.25, 0.3) is 11.6 Å². The third-order valence-corrected chi connectivity index (χ3v) is 3.15. The van der Waals surface area contributed by atoms with Crippen LogP contribution in [0.4, 0.5) is 5.69 Å². The Hall–Kier alpha value is -2.46. The van der Waals surface area contributed by atoms with Crippen molar-refractivity contribution in [1.29, 1.82) is 5.26 Å². The molecule has 1 saturated heterocycles. The molecule has 0 bridgehead atoms. The first-order valence-corrected chi connectivity index (χ1v) is 6.08. The van der Waals surface area contributed by atoms with Crippen LogP contribution in [0, 0.1) is 28.4 Å². The van der Waals surface area contributed by atoms with Gasteiger partial charge in [-0.1, -0.05) is 6.07 Å². The second-order valence-electron chi connectivity index (χ2n) is 4.50. The minimum absolute atomic E-state index is 0.0825. The van der Waals surface area contributed by atoms with Crippen LogP contribution in [0.25, 0.3) is 0 Å². The number of nitro benzene ring substituents is 1. The highest BCUT2D eigenvalue weighted by Crippen LogP contribution is 2.21. The lowest BCUT2D eigenvalue weighted by atomic mass is 10.1. The zero-order valence-corrected chi connectivity index (χ0v) is 10.9. The van der Waals surface area contributed by atoms with Crippen molar-refractivity contribution in [3.8, 4) is 6.07 Å². The van der Waals surface area contributed by atoms with Crippen molar-refractivity contribution in [3.05, 3.63) is 39.4 Å². The summed E-state index contributed by atoms with van der Waals surface area (Å²) >= 11 is 0. The number of benzene rings is 1. The Balaban J connectivity index is 2.23. The maximum atomic E-state index is 12.3. The molecule has 1 fully saturated rings. The van der Waals surface area contributed by atoms with E-state index in [0.29, 0.717) is 12.1 Å². The molecule has 2 rings (SSSR count). The molecule has 1 aliphatic rings. The third kappa shape index (κ3) is 2.75. The predicted octanol–water partition coefficient (Wildman–Crippen LogP) is 1.27. The molecule has 1 aromatic rings. The lowest BCUT2D eigenvalue weighted by molar-refractivity contribution is -0.385. The monoisotopic (exact) mass is 275 g/mol. The van der Waals surface area contributed by atoms with Crippen LogP contribution in [-0.2, 0) is 4.74 Å². The molecule has 1 unspecified atom stereocenters. The van der Waals surface area contributed by atoms with Gasteiger partial charge in [0.1, 0.15) is 0 Å². The van der Waals surface area contributed by atoms with E-state index in [1.165, 1.54) is 11.0 Å². The van der Waals surface area contributed by atoms with Gasteiger partial charge >= 0.3 is 0 Å². The van der Waals surface area contributed by atoms with Gasteiger partial charge in [-0.25, -0.2) is 0 Å². The Kier molecular flexibility index (Phi) is 3.96. The summed E-state index contributed by atoms with van der Waals surface area (Å²) < 4.78 is 5.16. The maximum absolute atomic E-state index is 12.3. The van der Waals surface area contributed by atoms with Gasteiger partial charge in [0.05, 0.1) is 24.1 Å². The average molecular weight is 275 g/mol. The quantitative estimate of drug-likeness (QED) is 0.598. The Labute approximate surface area is 115 Å². The number of morpholine rings is 1. The molecule has 0 spiro atoms. The summed E-state index contributed by atoms with van der Waals surface area (Å²) in [5, 5.41) is 19.7. The molecule has 1 amide bonds. The van der Waals surface area contributed by atoms with Crippen LogP contribution in [-0.4, -0.2) is 41.5 Å². The average Bonchev–Trinajstić information content (AvgIpc) is 2.46. The predicted molar refractivity (Wildman–Crippen MR) is 69.1 cm³/mol. The van der Waals surface area contributed by atoms with Crippen LogP contribution in [0.5, 0.6) is 0 Å². The number of rotatable bonds is 2. The summed E-state index contributed by atoms with van der Waals surface area (Å²) in [7, 11) is 0. The van der Waals surface area contributed by atoms with E-state index in [-0.39, 0.29) is 30.3 Å². The molecular weight excluding hydrogens is 262 g/mol. The minimum Gasteiger partial charge on any atom is -0.360 e. The summed E-state index contributed by atoms with van der Waals surface area (Å²) in [6, 6.07) is 6.33. The van der Waals surface area contributed by atoms with Crippen molar-refractivity contribution in [2.45, 2.75) is 13.0 Å². The number of nitriles is 1. The van der Waals surface area contributed by atoms with Crippen LogP contribution >= 0.6 is 0 Å². The number of carbonyl (C=O) groups excluding carboxylic acids is 1. The molecule has 0 aliphatic carbocycles. The number of amides is 1. The van der Waals surface area contributed by atoms with Crippen LogP contribution in [0.3, 0.4) is 0 Å². The molecule has 1 heterocycles. The number of hydrogen-bond donors (Lipinski definition) is 0. The van der Waals surface area contributed by atoms with Gasteiger partial charge in [-0.3, -0.25) is 14.9 Å². The molecule has 7 nitrogen and oxygen atoms in total. The molecule has 0 radical (unpaired) electrons. The van der Waals surface area contributed by atoms with Gasteiger partial charge in [-0.05, 0) is 13.0 Å². The molecule has 104 valence electrons. The summed E-state index contributed by atoms with van der Waals surface area (Å²) in [6.45, 7) is 2.46. The number of aryl methyl sites for hydroxylation is 1. The Morgan fingerprint density at radius 3 is 3.00 bits per heavy atom. The summed E-state index contributed by atoms with van der Waals surface area (Å²) in [4.78, 5) is 24.1. The second kappa shape index (κ2) is 5.67. The fourth-order valence-corrected chi connectivity index (χ4v) is 2.03. The smallest absolute Gasteiger partial charge is 0.273 e. The molecule has 0 aromatic heterocycles. The fourth-order valence-electron chi connectivity index (χ4n) is 2.03. The number of hydrogen-bond acceptors (Lipinski definition) is 5. The van der Waals surface area contributed by atoms with Gasteiger partial charge < -0.3 is 9.64 Å². The first kappa shape index (κ1) is 14.0. The van der Waals surface area contributed by atoms with Gasteiger partial charge in [-0.15, -0.1) is 0 Å². The van der Waals surface area contributed by atoms with E-state index in [4.69, 9.17) is 10.00 Å². The van der Waals surface area contributed by atoms with Gasteiger partial charge in [0.15, 0.2) is 6.10 Å². The Bertz CT molecular complexity index is 594. The lowest BCUT2D eigenvalue weighted by Crippen LogP contribution is -2.45. The molecule has 7 heteroatoms. The second-order valence-corrected chi connectivity index (χ2v) is 4.50. The summed E-state index contributed by atoms with van der Waals surface area (Å²) in [6.07, 6.45) is -0.645. The number of nitro groups is 1.